The minimum atomic E-state index is -4.90. The van der Waals surface area contributed by atoms with Gasteiger partial charge < -0.3 is 9.47 Å². The summed E-state index contributed by atoms with van der Waals surface area (Å²) in [6, 6.07) is 8.59. The molecule has 122 valence electrons. The van der Waals surface area contributed by atoms with E-state index in [1.165, 1.54) is 30.3 Å². The van der Waals surface area contributed by atoms with Crippen LogP contribution in [0.25, 0.3) is 11.1 Å². The molecule has 0 aliphatic rings. The summed E-state index contributed by atoms with van der Waals surface area (Å²) in [5, 5.41) is 0. The first-order chi connectivity index (χ1) is 10.8. The number of carbonyl (C=O) groups is 1. The van der Waals surface area contributed by atoms with Gasteiger partial charge in [-0.1, -0.05) is 12.1 Å². The average Bonchev–Trinajstić information content (AvgIpc) is 2.45. The first kappa shape index (κ1) is 16.7. The van der Waals surface area contributed by atoms with E-state index in [2.05, 4.69) is 9.47 Å². The van der Waals surface area contributed by atoms with Crippen LogP contribution in [0, 0.1) is 0 Å². The fourth-order valence-electron chi connectivity index (χ4n) is 1.88. The number of carbonyl (C=O) groups excluding carboxylic acids is 1. The van der Waals surface area contributed by atoms with Crippen LogP contribution in [0.4, 0.5) is 22.0 Å². The molecule has 23 heavy (non-hydrogen) atoms. The lowest BCUT2D eigenvalue weighted by Gasteiger charge is -2.11. The second kappa shape index (κ2) is 6.64. The summed E-state index contributed by atoms with van der Waals surface area (Å²) in [5.41, 5.74) is 0.648. The maximum Gasteiger partial charge on any atom is 0.573 e. The Morgan fingerprint density at radius 1 is 0.913 bits per heavy atom. The molecular formula is C15H9F5O3. The van der Waals surface area contributed by atoms with E-state index in [1.54, 1.807) is 0 Å². The number of alkyl halides is 5. The van der Waals surface area contributed by atoms with Crippen molar-refractivity contribution >= 4 is 6.29 Å². The van der Waals surface area contributed by atoms with Crippen molar-refractivity contribution in [2.45, 2.75) is 13.0 Å². The van der Waals surface area contributed by atoms with E-state index in [9.17, 15) is 26.7 Å². The van der Waals surface area contributed by atoms with E-state index < -0.39 is 18.7 Å². The second-order valence-electron chi connectivity index (χ2n) is 4.36. The van der Waals surface area contributed by atoms with E-state index in [0.29, 0.717) is 11.8 Å². The van der Waals surface area contributed by atoms with E-state index >= 15 is 0 Å². The van der Waals surface area contributed by atoms with Gasteiger partial charge >= 0.3 is 13.0 Å². The fraction of sp³-hybridized carbons (Fsp3) is 0.133. The summed E-state index contributed by atoms with van der Waals surface area (Å²) in [5.74, 6) is -0.646. The van der Waals surface area contributed by atoms with Crippen LogP contribution in [-0.4, -0.2) is 19.3 Å². The summed E-state index contributed by atoms with van der Waals surface area (Å²) < 4.78 is 69.0. The van der Waals surface area contributed by atoms with Crippen LogP contribution in [0.15, 0.2) is 42.5 Å². The SMILES string of the molecule is O=Cc1cc(OC(F)(F)F)cc(-c2ccc(OC(F)F)cc2)c1. The zero-order valence-electron chi connectivity index (χ0n) is 11.3. The molecule has 0 bridgehead atoms. The Morgan fingerprint density at radius 2 is 1.57 bits per heavy atom. The number of halogens is 5. The van der Waals surface area contributed by atoms with E-state index in [4.69, 9.17) is 0 Å². The van der Waals surface area contributed by atoms with Gasteiger partial charge in [-0.25, -0.2) is 0 Å². The zero-order valence-corrected chi connectivity index (χ0v) is 11.3. The van der Waals surface area contributed by atoms with Gasteiger partial charge in [0, 0.05) is 5.56 Å². The highest BCUT2D eigenvalue weighted by atomic mass is 19.4. The van der Waals surface area contributed by atoms with Gasteiger partial charge in [0.05, 0.1) is 0 Å². The Kier molecular flexibility index (Phi) is 4.83. The maximum atomic E-state index is 12.3. The molecule has 0 atom stereocenters. The quantitative estimate of drug-likeness (QED) is 0.590. The Labute approximate surface area is 127 Å². The molecule has 0 aliphatic carbocycles. The van der Waals surface area contributed by atoms with Crippen molar-refractivity contribution in [3.8, 4) is 22.6 Å². The molecule has 0 radical (unpaired) electrons. The molecule has 8 heteroatoms. The molecule has 0 N–H and O–H groups in total. The minimum Gasteiger partial charge on any atom is -0.435 e. The number of hydrogen-bond donors (Lipinski definition) is 0. The molecule has 0 unspecified atom stereocenters. The number of hydrogen-bond acceptors (Lipinski definition) is 3. The van der Waals surface area contributed by atoms with Gasteiger partial charge in [0.1, 0.15) is 17.8 Å². The molecule has 0 aliphatic heterocycles. The van der Waals surface area contributed by atoms with Crippen molar-refractivity contribution in [2.24, 2.45) is 0 Å². The molecule has 0 spiro atoms. The average molecular weight is 332 g/mol. The van der Waals surface area contributed by atoms with Crippen molar-refractivity contribution in [3.05, 3.63) is 48.0 Å². The highest BCUT2D eigenvalue weighted by molar-refractivity contribution is 5.80. The summed E-state index contributed by atoms with van der Waals surface area (Å²) in [7, 11) is 0. The Bertz CT molecular complexity index is 681. The van der Waals surface area contributed by atoms with Crippen LogP contribution in [0.2, 0.25) is 0 Å². The molecule has 2 aromatic carbocycles. The van der Waals surface area contributed by atoms with Crippen molar-refractivity contribution < 1.29 is 36.2 Å². The molecule has 3 nitrogen and oxygen atoms in total. The second-order valence-corrected chi connectivity index (χ2v) is 4.36. The van der Waals surface area contributed by atoms with Crippen molar-refractivity contribution in [1.29, 1.82) is 0 Å². The molecule has 0 heterocycles. The molecule has 2 aromatic rings. The van der Waals surface area contributed by atoms with E-state index in [-0.39, 0.29) is 16.9 Å². The lowest BCUT2D eigenvalue weighted by atomic mass is 10.0. The normalized spacial score (nSPS) is 11.4. The minimum absolute atomic E-state index is 0.0188. The van der Waals surface area contributed by atoms with Gasteiger partial charge in [-0.2, -0.15) is 8.78 Å². The third-order valence-corrected chi connectivity index (χ3v) is 2.71. The summed E-state index contributed by atoms with van der Waals surface area (Å²) >= 11 is 0. The molecule has 0 saturated heterocycles. The van der Waals surface area contributed by atoms with Crippen molar-refractivity contribution in [3.63, 3.8) is 0 Å². The van der Waals surface area contributed by atoms with Crippen LogP contribution >= 0.6 is 0 Å². The van der Waals surface area contributed by atoms with Crippen LogP contribution in [0.5, 0.6) is 11.5 Å². The topological polar surface area (TPSA) is 35.5 Å². The van der Waals surface area contributed by atoms with Crippen molar-refractivity contribution in [1.82, 2.24) is 0 Å². The standard InChI is InChI=1S/C15H9F5O3/c16-14(17)22-12-3-1-10(2-4-12)11-5-9(8-21)6-13(7-11)23-15(18,19)20/h1-8,14H. The smallest absolute Gasteiger partial charge is 0.435 e. The van der Waals surface area contributed by atoms with Crippen LogP contribution in [0.1, 0.15) is 10.4 Å². The molecule has 0 fully saturated rings. The lowest BCUT2D eigenvalue weighted by Crippen LogP contribution is -2.17. The number of benzene rings is 2. The third-order valence-electron chi connectivity index (χ3n) is 2.71. The largest absolute Gasteiger partial charge is 0.573 e. The van der Waals surface area contributed by atoms with Gasteiger partial charge in [0.2, 0.25) is 0 Å². The predicted octanol–water partition coefficient (Wildman–Crippen LogP) is 4.67. The Morgan fingerprint density at radius 3 is 2.09 bits per heavy atom. The molecular weight excluding hydrogens is 323 g/mol. The summed E-state index contributed by atoms with van der Waals surface area (Å²) in [6.07, 6.45) is -4.52. The maximum absolute atomic E-state index is 12.3. The third kappa shape index (κ3) is 4.94. The van der Waals surface area contributed by atoms with Crippen LogP contribution < -0.4 is 9.47 Å². The van der Waals surface area contributed by atoms with E-state index in [0.717, 1.165) is 12.1 Å². The van der Waals surface area contributed by atoms with Gasteiger partial charge in [-0.15, -0.1) is 13.2 Å². The highest BCUT2D eigenvalue weighted by Gasteiger charge is 2.31. The number of ether oxygens (including phenoxy) is 2. The lowest BCUT2D eigenvalue weighted by molar-refractivity contribution is -0.274. The summed E-state index contributed by atoms with van der Waals surface area (Å²) in [6.45, 7) is -2.98. The first-order valence-corrected chi connectivity index (χ1v) is 6.18. The van der Waals surface area contributed by atoms with Crippen LogP contribution in [0.3, 0.4) is 0 Å². The predicted molar refractivity (Wildman–Crippen MR) is 70.6 cm³/mol. The van der Waals surface area contributed by atoms with Gasteiger partial charge in [0.15, 0.2) is 0 Å². The van der Waals surface area contributed by atoms with Crippen molar-refractivity contribution in [2.75, 3.05) is 0 Å². The zero-order chi connectivity index (χ0) is 17.0. The summed E-state index contributed by atoms with van der Waals surface area (Å²) in [4.78, 5) is 10.8. The Balaban J connectivity index is 2.34. The van der Waals surface area contributed by atoms with Gasteiger partial charge in [-0.3, -0.25) is 4.79 Å². The fourth-order valence-corrected chi connectivity index (χ4v) is 1.88. The van der Waals surface area contributed by atoms with Crippen LogP contribution in [-0.2, 0) is 0 Å². The monoisotopic (exact) mass is 332 g/mol. The molecule has 2 rings (SSSR count). The number of rotatable bonds is 5. The first-order valence-electron chi connectivity index (χ1n) is 6.18. The molecule has 0 aromatic heterocycles. The van der Waals surface area contributed by atoms with Gasteiger partial charge in [0.25, 0.3) is 0 Å². The molecule has 0 amide bonds. The molecule has 0 saturated carbocycles. The Hall–Kier alpha value is -2.64. The van der Waals surface area contributed by atoms with Gasteiger partial charge in [-0.05, 0) is 41.5 Å². The highest BCUT2D eigenvalue weighted by Crippen LogP contribution is 2.30. The van der Waals surface area contributed by atoms with E-state index in [1.807, 2.05) is 0 Å². The number of aldehydes is 1.